The average molecular weight is 430 g/mol. The van der Waals surface area contributed by atoms with Crippen molar-refractivity contribution in [3.63, 3.8) is 0 Å². The summed E-state index contributed by atoms with van der Waals surface area (Å²) in [5.41, 5.74) is 2.76. The van der Waals surface area contributed by atoms with E-state index in [0.29, 0.717) is 13.1 Å². The monoisotopic (exact) mass is 429 g/mol. The highest BCUT2D eigenvalue weighted by molar-refractivity contribution is 5.88. The number of nitrogens with zero attached hydrogens (tertiary/aromatic N) is 4. The maximum absolute atomic E-state index is 12.4. The number of amides is 1. The molecule has 0 unspecified atom stereocenters. The van der Waals surface area contributed by atoms with E-state index in [1.54, 1.807) is 0 Å². The molecule has 2 fully saturated rings. The number of hydrogen-bond donors (Lipinski definition) is 3. The van der Waals surface area contributed by atoms with Gasteiger partial charge < -0.3 is 30.2 Å². The third kappa shape index (κ3) is 5.03. The summed E-state index contributed by atoms with van der Waals surface area (Å²) in [6, 6.07) is 2.90. The fraction of sp³-hybridized carbons (Fsp3) is 0.682. The molecule has 2 aliphatic heterocycles. The van der Waals surface area contributed by atoms with Gasteiger partial charge in [-0.25, -0.2) is 14.8 Å². The number of fused-ring (bicyclic) bond motifs is 1. The molecule has 9 heteroatoms. The van der Waals surface area contributed by atoms with Gasteiger partial charge in [0.05, 0.1) is 12.0 Å². The lowest BCUT2D eigenvalue weighted by molar-refractivity contribution is 0.0641. The van der Waals surface area contributed by atoms with Crippen LogP contribution in [-0.4, -0.2) is 69.9 Å². The highest BCUT2D eigenvalue weighted by Gasteiger charge is 2.27. The topological polar surface area (TPSA) is 96.3 Å². The van der Waals surface area contributed by atoms with E-state index in [2.05, 4.69) is 53.2 Å². The molecule has 0 spiro atoms. The minimum atomic E-state index is -0.183. The SMILES string of the molecule is CC(C)Nc1cc(NC2CCN(C(=O)O[C@H]3CCNC3)CC2)c2ncn(C(C)C)c2n1. The van der Waals surface area contributed by atoms with Crippen LogP contribution in [0.3, 0.4) is 0 Å². The van der Waals surface area contributed by atoms with Gasteiger partial charge in [-0.1, -0.05) is 0 Å². The minimum absolute atomic E-state index is 0.0106. The Bertz CT molecular complexity index is 897. The van der Waals surface area contributed by atoms with Gasteiger partial charge in [0, 0.05) is 43.8 Å². The van der Waals surface area contributed by atoms with Gasteiger partial charge in [0.1, 0.15) is 17.4 Å². The first-order chi connectivity index (χ1) is 14.9. The number of likely N-dealkylation sites (tertiary alicyclic amines) is 1. The summed E-state index contributed by atoms with van der Waals surface area (Å²) in [7, 11) is 0. The lowest BCUT2D eigenvalue weighted by atomic mass is 10.0. The molecule has 0 saturated carbocycles. The molecule has 0 bridgehead atoms. The predicted molar refractivity (Wildman–Crippen MR) is 123 cm³/mol. The first-order valence-corrected chi connectivity index (χ1v) is 11.5. The molecule has 2 saturated heterocycles. The highest BCUT2D eigenvalue weighted by atomic mass is 16.6. The number of aromatic nitrogens is 3. The summed E-state index contributed by atoms with van der Waals surface area (Å²) in [5, 5.41) is 10.3. The molecule has 0 aliphatic carbocycles. The molecular weight excluding hydrogens is 394 g/mol. The molecule has 2 aliphatic rings. The summed E-state index contributed by atoms with van der Waals surface area (Å²) >= 11 is 0. The zero-order valence-corrected chi connectivity index (χ0v) is 19.0. The smallest absolute Gasteiger partial charge is 0.410 e. The fourth-order valence-corrected chi connectivity index (χ4v) is 4.24. The van der Waals surface area contributed by atoms with Crippen LogP contribution in [0.5, 0.6) is 0 Å². The van der Waals surface area contributed by atoms with E-state index in [-0.39, 0.29) is 30.3 Å². The second-order valence-electron chi connectivity index (χ2n) is 9.18. The highest BCUT2D eigenvalue weighted by Crippen LogP contribution is 2.28. The number of ether oxygens (including phenoxy) is 1. The van der Waals surface area contributed by atoms with Crippen molar-refractivity contribution in [1.29, 1.82) is 0 Å². The zero-order valence-electron chi connectivity index (χ0n) is 19.0. The number of imidazole rings is 1. The Labute approximate surface area is 183 Å². The van der Waals surface area contributed by atoms with E-state index < -0.39 is 0 Å². The Morgan fingerprint density at radius 1 is 1.23 bits per heavy atom. The molecule has 9 nitrogen and oxygen atoms in total. The predicted octanol–water partition coefficient (Wildman–Crippen LogP) is 3.21. The van der Waals surface area contributed by atoms with E-state index in [0.717, 1.165) is 55.0 Å². The summed E-state index contributed by atoms with van der Waals surface area (Å²) in [6.45, 7) is 11.6. The van der Waals surface area contributed by atoms with Crippen LogP contribution in [-0.2, 0) is 4.74 Å². The minimum Gasteiger partial charge on any atom is -0.445 e. The Hall–Kier alpha value is -2.55. The third-order valence-corrected chi connectivity index (χ3v) is 5.92. The quantitative estimate of drug-likeness (QED) is 0.649. The Morgan fingerprint density at radius 3 is 2.65 bits per heavy atom. The lowest BCUT2D eigenvalue weighted by Crippen LogP contribution is -2.43. The van der Waals surface area contributed by atoms with Crippen LogP contribution >= 0.6 is 0 Å². The molecule has 0 radical (unpaired) electrons. The molecule has 4 rings (SSSR count). The van der Waals surface area contributed by atoms with Gasteiger partial charge >= 0.3 is 6.09 Å². The number of hydrogen-bond acceptors (Lipinski definition) is 7. The van der Waals surface area contributed by atoms with Gasteiger partial charge in [-0.2, -0.15) is 0 Å². The summed E-state index contributed by atoms with van der Waals surface area (Å²) in [5.74, 6) is 0.846. The van der Waals surface area contributed by atoms with Crippen molar-refractivity contribution in [2.45, 2.75) is 71.2 Å². The molecule has 170 valence electrons. The van der Waals surface area contributed by atoms with Crippen LogP contribution in [0, 0.1) is 0 Å². The van der Waals surface area contributed by atoms with Crippen molar-refractivity contribution in [2.75, 3.05) is 36.8 Å². The van der Waals surface area contributed by atoms with Crippen molar-refractivity contribution in [2.24, 2.45) is 0 Å². The van der Waals surface area contributed by atoms with Crippen molar-refractivity contribution in [1.82, 2.24) is 24.8 Å². The van der Waals surface area contributed by atoms with Gasteiger partial charge in [-0.3, -0.25) is 0 Å². The van der Waals surface area contributed by atoms with E-state index in [9.17, 15) is 4.79 Å². The first-order valence-electron chi connectivity index (χ1n) is 11.5. The summed E-state index contributed by atoms with van der Waals surface area (Å²) in [6.07, 6.45) is 4.34. The average Bonchev–Trinajstić information content (AvgIpc) is 3.38. The van der Waals surface area contributed by atoms with Gasteiger partial charge in [-0.15, -0.1) is 0 Å². The normalized spacial score (nSPS) is 20.1. The molecule has 3 N–H and O–H groups in total. The Kier molecular flexibility index (Phi) is 6.50. The zero-order chi connectivity index (χ0) is 22.0. The number of rotatable bonds is 6. The van der Waals surface area contributed by atoms with Crippen LogP contribution in [0.2, 0.25) is 0 Å². The van der Waals surface area contributed by atoms with Crippen molar-refractivity contribution < 1.29 is 9.53 Å². The summed E-state index contributed by atoms with van der Waals surface area (Å²) in [4.78, 5) is 23.7. The Morgan fingerprint density at radius 2 is 2.00 bits per heavy atom. The third-order valence-electron chi connectivity index (χ3n) is 5.92. The Balaban J connectivity index is 1.44. The van der Waals surface area contributed by atoms with Gasteiger partial charge in [-0.05, 0) is 53.5 Å². The van der Waals surface area contributed by atoms with Crippen LogP contribution in [0.1, 0.15) is 53.0 Å². The van der Waals surface area contributed by atoms with Crippen molar-refractivity contribution in [3.05, 3.63) is 12.4 Å². The maximum Gasteiger partial charge on any atom is 0.410 e. The van der Waals surface area contributed by atoms with Gasteiger partial charge in [0.15, 0.2) is 5.65 Å². The maximum atomic E-state index is 12.4. The number of anilines is 2. The standard InChI is InChI=1S/C22H35N7O2/c1-14(2)25-19-11-18(20-21(27-19)29(13-24-20)15(3)4)26-16-6-9-28(10-7-16)22(30)31-17-5-8-23-12-17/h11,13-17,23H,5-10,12H2,1-4H3,(H2,25,26,27)/t17-/m0/s1. The van der Waals surface area contributed by atoms with E-state index >= 15 is 0 Å². The van der Waals surface area contributed by atoms with E-state index in [1.165, 1.54) is 0 Å². The van der Waals surface area contributed by atoms with Crippen molar-refractivity contribution >= 4 is 28.8 Å². The first kappa shape index (κ1) is 21.7. The lowest BCUT2D eigenvalue weighted by Gasteiger charge is -2.33. The number of piperidine rings is 1. The molecule has 2 aromatic heterocycles. The second kappa shape index (κ2) is 9.30. The number of pyridine rings is 1. The number of nitrogens with one attached hydrogen (secondary N) is 3. The van der Waals surface area contributed by atoms with Crippen LogP contribution in [0.25, 0.3) is 11.2 Å². The molecule has 1 amide bonds. The van der Waals surface area contributed by atoms with Gasteiger partial charge in [0.2, 0.25) is 0 Å². The van der Waals surface area contributed by atoms with E-state index in [4.69, 9.17) is 9.72 Å². The second-order valence-corrected chi connectivity index (χ2v) is 9.18. The molecular formula is C22H35N7O2. The molecule has 31 heavy (non-hydrogen) atoms. The van der Waals surface area contributed by atoms with E-state index in [1.807, 2.05) is 17.3 Å². The van der Waals surface area contributed by atoms with Crippen LogP contribution < -0.4 is 16.0 Å². The number of carbonyl (C=O) groups is 1. The fourth-order valence-electron chi connectivity index (χ4n) is 4.24. The molecule has 4 heterocycles. The van der Waals surface area contributed by atoms with Gasteiger partial charge in [0.25, 0.3) is 0 Å². The molecule has 2 aromatic rings. The number of carbonyl (C=O) groups excluding carboxylic acids is 1. The van der Waals surface area contributed by atoms with Crippen molar-refractivity contribution in [3.8, 4) is 0 Å². The molecule has 1 atom stereocenters. The summed E-state index contributed by atoms with van der Waals surface area (Å²) < 4.78 is 7.71. The molecule has 0 aromatic carbocycles. The van der Waals surface area contributed by atoms with Crippen LogP contribution in [0.15, 0.2) is 12.4 Å². The largest absolute Gasteiger partial charge is 0.445 e. The van der Waals surface area contributed by atoms with Crippen LogP contribution in [0.4, 0.5) is 16.3 Å².